The van der Waals surface area contributed by atoms with Crippen LogP contribution in [0.4, 0.5) is 4.79 Å². The van der Waals surface area contributed by atoms with Gasteiger partial charge in [-0.2, -0.15) is 0 Å². The lowest BCUT2D eigenvalue weighted by atomic mass is 10.1. The molecule has 1 aliphatic rings. The van der Waals surface area contributed by atoms with Gasteiger partial charge in [-0.05, 0) is 20.3 Å². The standard InChI is InChI=1S/C13H18N4O3S/c1-7-8(2)21-11(15-7)5-6-14-10(18)4-3-9-12(19)17-13(20)16-9/h9H,3-6H2,1-2H3,(H,14,18)(H2,16,17,19,20)/t9-/m0/s1. The highest BCUT2D eigenvalue weighted by Crippen LogP contribution is 2.16. The van der Waals surface area contributed by atoms with Crippen LogP contribution in [0.25, 0.3) is 0 Å². The van der Waals surface area contributed by atoms with E-state index in [0.29, 0.717) is 19.4 Å². The van der Waals surface area contributed by atoms with Crippen LogP contribution >= 0.6 is 11.3 Å². The number of rotatable bonds is 6. The molecule has 0 radical (unpaired) electrons. The fourth-order valence-electron chi connectivity index (χ4n) is 1.98. The van der Waals surface area contributed by atoms with Crippen LogP contribution in [0, 0.1) is 13.8 Å². The molecule has 21 heavy (non-hydrogen) atoms. The molecule has 1 aromatic rings. The van der Waals surface area contributed by atoms with Gasteiger partial charge in [0.1, 0.15) is 6.04 Å². The van der Waals surface area contributed by atoms with E-state index in [2.05, 4.69) is 20.9 Å². The molecule has 0 aliphatic carbocycles. The first-order chi connectivity index (χ1) is 9.95. The average Bonchev–Trinajstić information content (AvgIpc) is 2.90. The fourth-order valence-corrected chi connectivity index (χ4v) is 2.91. The maximum atomic E-state index is 11.7. The summed E-state index contributed by atoms with van der Waals surface area (Å²) in [6.07, 6.45) is 1.21. The van der Waals surface area contributed by atoms with Crippen molar-refractivity contribution in [3.8, 4) is 0 Å². The van der Waals surface area contributed by atoms with Gasteiger partial charge in [-0.3, -0.25) is 14.9 Å². The van der Waals surface area contributed by atoms with Crippen LogP contribution in [-0.2, 0) is 16.0 Å². The number of aryl methyl sites for hydroxylation is 2. The van der Waals surface area contributed by atoms with E-state index in [4.69, 9.17) is 0 Å². The Morgan fingerprint density at radius 3 is 2.71 bits per heavy atom. The number of carbonyl (C=O) groups excluding carboxylic acids is 3. The van der Waals surface area contributed by atoms with Crippen molar-refractivity contribution in [2.24, 2.45) is 0 Å². The number of amides is 4. The van der Waals surface area contributed by atoms with E-state index >= 15 is 0 Å². The third-order valence-electron chi connectivity index (χ3n) is 3.25. The van der Waals surface area contributed by atoms with Crippen molar-refractivity contribution in [2.75, 3.05) is 6.54 Å². The summed E-state index contributed by atoms with van der Waals surface area (Å²) >= 11 is 1.64. The molecule has 0 saturated carbocycles. The number of carbonyl (C=O) groups is 3. The Bertz CT molecular complexity index is 550. The Kier molecular flexibility index (Phi) is 4.89. The highest BCUT2D eigenvalue weighted by atomic mass is 32.1. The summed E-state index contributed by atoms with van der Waals surface area (Å²) in [5, 5.41) is 8.40. The van der Waals surface area contributed by atoms with E-state index in [1.54, 1.807) is 11.3 Å². The molecule has 0 spiro atoms. The minimum atomic E-state index is -0.604. The number of urea groups is 1. The zero-order valence-corrected chi connectivity index (χ0v) is 12.8. The molecule has 1 fully saturated rings. The van der Waals surface area contributed by atoms with Crippen molar-refractivity contribution in [3.63, 3.8) is 0 Å². The lowest BCUT2D eigenvalue weighted by Crippen LogP contribution is -2.32. The summed E-state index contributed by atoms with van der Waals surface area (Å²) in [5.41, 5.74) is 1.03. The Morgan fingerprint density at radius 1 is 1.38 bits per heavy atom. The number of nitrogens with zero attached hydrogens (tertiary/aromatic N) is 1. The van der Waals surface area contributed by atoms with Crippen molar-refractivity contribution in [2.45, 2.75) is 39.2 Å². The summed E-state index contributed by atoms with van der Waals surface area (Å²) < 4.78 is 0. The second-order valence-electron chi connectivity index (χ2n) is 4.90. The first-order valence-electron chi connectivity index (χ1n) is 6.76. The number of nitrogens with one attached hydrogen (secondary N) is 3. The summed E-state index contributed by atoms with van der Waals surface area (Å²) in [4.78, 5) is 39.5. The molecular weight excluding hydrogens is 292 g/mol. The molecule has 1 aromatic heterocycles. The van der Waals surface area contributed by atoms with Crippen molar-refractivity contribution in [3.05, 3.63) is 15.6 Å². The normalized spacial score (nSPS) is 17.5. The van der Waals surface area contributed by atoms with Gasteiger partial charge in [-0.1, -0.05) is 0 Å². The van der Waals surface area contributed by atoms with Gasteiger partial charge in [0.2, 0.25) is 5.91 Å². The zero-order chi connectivity index (χ0) is 15.4. The van der Waals surface area contributed by atoms with Gasteiger partial charge in [0.05, 0.1) is 10.7 Å². The van der Waals surface area contributed by atoms with Crippen LogP contribution in [0.2, 0.25) is 0 Å². The summed E-state index contributed by atoms with van der Waals surface area (Å²) in [7, 11) is 0. The van der Waals surface area contributed by atoms with E-state index < -0.39 is 12.1 Å². The molecule has 0 aromatic carbocycles. The lowest BCUT2D eigenvalue weighted by Gasteiger charge is -2.07. The van der Waals surface area contributed by atoms with Gasteiger partial charge in [-0.25, -0.2) is 9.78 Å². The number of hydrogen-bond acceptors (Lipinski definition) is 5. The van der Waals surface area contributed by atoms with E-state index in [1.165, 1.54) is 4.88 Å². The molecular formula is C13H18N4O3S. The molecule has 1 atom stereocenters. The van der Waals surface area contributed by atoms with Gasteiger partial charge < -0.3 is 10.6 Å². The largest absolute Gasteiger partial charge is 0.356 e. The molecule has 3 N–H and O–H groups in total. The molecule has 114 valence electrons. The third-order valence-corrected chi connectivity index (χ3v) is 4.39. The first-order valence-corrected chi connectivity index (χ1v) is 7.58. The highest BCUT2D eigenvalue weighted by Gasteiger charge is 2.29. The fraction of sp³-hybridized carbons (Fsp3) is 0.538. The average molecular weight is 310 g/mol. The van der Waals surface area contributed by atoms with E-state index in [0.717, 1.165) is 10.7 Å². The van der Waals surface area contributed by atoms with Gasteiger partial charge in [0.15, 0.2) is 0 Å². The maximum Gasteiger partial charge on any atom is 0.322 e. The van der Waals surface area contributed by atoms with E-state index in [1.807, 2.05) is 13.8 Å². The number of aromatic nitrogens is 1. The van der Waals surface area contributed by atoms with Crippen LogP contribution in [0.15, 0.2) is 0 Å². The number of imide groups is 1. The lowest BCUT2D eigenvalue weighted by molar-refractivity contribution is -0.122. The number of thiazole rings is 1. The Hall–Kier alpha value is -1.96. The molecule has 8 heteroatoms. The first kappa shape index (κ1) is 15.4. The zero-order valence-electron chi connectivity index (χ0n) is 12.0. The minimum absolute atomic E-state index is 0.131. The van der Waals surface area contributed by atoms with Crippen molar-refractivity contribution in [1.82, 2.24) is 20.9 Å². The van der Waals surface area contributed by atoms with Gasteiger partial charge >= 0.3 is 6.03 Å². The molecule has 2 heterocycles. The Morgan fingerprint density at radius 2 is 2.14 bits per heavy atom. The van der Waals surface area contributed by atoms with Crippen LogP contribution in [-0.4, -0.2) is 35.4 Å². The minimum Gasteiger partial charge on any atom is -0.356 e. The van der Waals surface area contributed by atoms with Gasteiger partial charge in [-0.15, -0.1) is 11.3 Å². The molecule has 4 amide bonds. The number of hydrogen-bond donors (Lipinski definition) is 3. The van der Waals surface area contributed by atoms with E-state index in [-0.39, 0.29) is 18.2 Å². The van der Waals surface area contributed by atoms with Crippen molar-refractivity contribution in [1.29, 1.82) is 0 Å². The maximum absolute atomic E-state index is 11.7. The molecule has 1 aliphatic heterocycles. The van der Waals surface area contributed by atoms with E-state index in [9.17, 15) is 14.4 Å². The highest BCUT2D eigenvalue weighted by molar-refractivity contribution is 7.11. The second-order valence-corrected chi connectivity index (χ2v) is 6.19. The van der Waals surface area contributed by atoms with Crippen LogP contribution in [0.5, 0.6) is 0 Å². The Labute approximate surface area is 126 Å². The van der Waals surface area contributed by atoms with Gasteiger partial charge in [0, 0.05) is 24.3 Å². The summed E-state index contributed by atoms with van der Waals surface area (Å²) in [6, 6.07) is -1.10. The van der Waals surface area contributed by atoms with Gasteiger partial charge in [0.25, 0.3) is 5.91 Å². The summed E-state index contributed by atoms with van der Waals surface area (Å²) in [5.74, 6) is -0.504. The third kappa shape index (κ3) is 4.25. The van der Waals surface area contributed by atoms with Crippen molar-refractivity contribution < 1.29 is 14.4 Å². The molecule has 0 bridgehead atoms. The SMILES string of the molecule is Cc1nc(CCNC(=O)CC[C@@H]2NC(=O)NC2=O)sc1C. The molecule has 0 unspecified atom stereocenters. The van der Waals surface area contributed by atoms with Crippen LogP contribution < -0.4 is 16.0 Å². The molecule has 1 saturated heterocycles. The molecule has 2 rings (SSSR count). The molecule has 7 nitrogen and oxygen atoms in total. The second kappa shape index (κ2) is 6.66. The quantitative estimate of drug-likeness (QED) is 0.662. The van der Waals surface area contributed by atoms with Crippen LogP contribution in [0.3, 0.4) is 0 Å². The topological polar surface area (TPSA) is 100 Å². The van der Waals surface area contributed by atoms with Crippen molar-refractivity contribution >= 4 is 29.2 Å². The predicted molar refractivity (Wildman–Crippen MR) is 78.0 cm³/mol. The Balaban J connectivity index is 1.66. The smallest absolute Gasteiger partial charge is 0.322 e. The monoisotopic (exact) mass is 310 g/mol. The van der Waals surface area contributed by atoms with Crippen LogP contribution in [0.1, 0.15) is 28.4 Å². The summed E-state index contributed by atoms with van der Waals surface area (Å²) in [6.45, 7) is 4.51. The predicted octanol–water partition coefficient (Wildman–Crippen LogP) is 0.407.